The van der Waals surface area contributed by atoms with Crippen LogP contribution < -0.4 is 0 Å². The van der Waals surface area contributed by atoms with Crippen molar-refractivity contribution in [3.05, 3.63) is 95.6 Å². The highest BCUT2D eigenvalue weighted by Gasteiger charge is 2.55. The van der Waals surface area contributed by atoms with Crippen LogP contribution in [0.1, 0.15) is 55.7 Å². The molecule has 3 heteroatoms. The number of nitrogens with zero attached hydrogens (tertiary/aromatic N) is 1. The summed E-state index contributed by atoms with van der Waals surface area (Å²) in [5, 5.41) is 0. The standard InChI is InChI=1S/C28H27NO2/c1-2-3-17-26(30)25-18-19-27(31)29(25)28(20-11-5-4-6-12-20)23-15-9-7-13-21(23)22-14-8-10-16-24(22)28/h4-16,25H,2-3,17-19H2,1H3/t25-/m0/s1. The largest absolute Gasteiger partial charge is 0.315 e. The molecule has 1 aliphatic heterocycles. The van der Waals surface area contributed by atoms with Crippen molar-refractivity contribution < 1.29 is 9.59 Å². The van der Waals surface area contributed by atoms with Crippen LogP contribution in [-0.2, 0) is 15.1 Å². The summed E-state index contributed by atoms with van der Waals surface area (Å²) in [6.45, 7) is 2.10. The minimum absolute atomic E-state index is 0.0604. The van der Waals surface area contributed by atoms with E-state index in [0.717, 1.165) is 40.7 Å². The minimum Gasteiger partial charge on any atom is -0.315 e. The number of hydrogen-bond donors (Lipinski definition) is 0. The molecule has 1 atom stereocenters. The first kappa shape index (κ1) is 19.7. The molecule has 1 saturated heterocycles. The van der Waals surface area contributed by atoms with Crippen molar-refractivity contribution in [2.24, 2.45) is 0 Å². The molecule has 3 aromatic carbocycles. The van der Waals surface area contributed by atoms with E-state index in [4.69, 9.17) is 0 Å². The third-order valence-corrected chi connectivity index (χ3v) is 6.84. The molecule has 0 bridgehead atoms. The Bertz CT molecular complexity index is 1090. The lowest BCUT2D eigenvalue weighted by Crippen LogP contribution is -2.53. The van der Waals surface area contributed by atoms with Crippen LogP contribution in [0.15, 0.2) is 78.9 Å². The van der Waals surface area contributed by atoms with Crippen molar-refractivity contribution in [1.29, 1.82) is 0 Å². The summed E-state index contributed by atoms with van der Waals surface area (Å²) < 4.78 is 0. The number of fused-ring (bicyclic) bond motifs is 3. The average Bonchev–Trinajstić information content (AvgIpc) is 3.34. The second kappa shape index (κ2) is 7.81. The lowest BCUT2D eigenvalue weighted by molar-refractivity contribution is -0.138. The normalized spacial score (nSPS) is 18.7. The van der Waals surface area contributed by atoms with E-state index in [1.165, 1.54) is 0 Å². The molecule has 0 N–H and O–H groups in total. The number of ketones is 1. The summed E-state index contributed by atoms with van der Waals surface area (Å²) >= 11 is 0. The maximum absolute atomic E-state index is 13.5. The third-order valence-electron chi connectivity index (χ3n) is 6.84. The van der Waals surface area contributed by atoms with Gasteiger partial charge in [0.05, 0.1) is 6.04 Å². The molecule has 5 rings (SSSR count). The maximum atomic E-state index is 13.5. The number of Topliss-reactive ketones (excluding diaryl/α,β-unsaturated/α-hetero) is 1. The van der Waals surface area contributed by atoms with Gasteiger partial charge in [0, 0.05) is 12.8 Å². The zero-order chi connectivity index (χ0) is 21.4. The summed E-state index contributed by atoms with van der Waals surface area (Å²) in [6.07, 6.45) is 3.38. The molecule has 3 nitrogen and oxygen atoms in total. The lowest BCUT2D eigenvalue weighted by atomic mass is 9.78. The van der Waals surface area contributed by atoms with Gasteiger partial charge in [-0.15, -0.1) is 0 Å². The first-order valence-electron chi connectivity index (χ1n) is 11.3. The van der Waals surface area contributed by atoms with E-state index < -0.39 is 11.6 Å². The Balaban J connectivity index is 1.80. The molecule has 1 fully saturated rings. The highest BCUT2D eigenvalue weighted by molar-refractivity contribution is 5.95. The summed E-state index contributed by atoms with van der Waals surface area (Å²) in [5.74, 6) is 0.245. The summed E-state index contributed by atoms with van der Waals surface area (Å²) in [5.41, 5.74) is 4.71. The van der Waals surface area contributed by atoms with Gasteiger partial charge in [0.1, 0.15) is 5.54 Å². The van der Waals surface area contributed by atoms with E-state index in [1.54, 1.807) is 0 Å². The van der Waals surface area contributed by atoms with Crippen LogP contribution in [0.4, 0.5) is 0 Å². The molecule has 31 heavy (non-hydrogen) atoms. The molecule has 0 aromatic heterocycles. The smallest absolute Gasteiger partial charge is 0.224 e. The predicted molar refractivity (Wildman–Crippen MR) is 123 cm³/mol. The highest BCUT2D eigenvalue weighted by Crippen LogP contribution is 2.56. The summed E-state index contributed by atoms with van der Waals surface area (Å²) in [7, 11) is 0. The van der Waals surface area contributed by atoms with Crippen molar-refractivity contribution in [2.45, 2.75) is 50.6 Å². The number of benzene rings is 3. The van der Waals surface area contributed by atoms with Crippen LogP contribution >= 0.6 is 0 Å². The molecule has 0 unspecified atom stereocenters. The van der Waals surface area contributed by atoms with Gasteiger partial charge in [0.2, 0.25) is 5.91 Å². The van der Waals surface area contributed by atoms with Crippen molar-refractivity contribution in [3.8, 4) is 11.1 Å². The number of likely N-dealkylation sites (tertiary alicyclic amines) is 1. The van der Waals surface area contributed by atoms with Gasteiger partial charge in [0.25, 0.3) is 0 Å². The fourth-order valence-electron chi connectivity index (χ4n) is 5.53. The van der Waals surface area contributed by atoms with Gasteiger partial charge in [-0.1, -0.05) is 92.2 Å². The fourth-order valence-corrected chi connectivity index (χ4v) is 5.53. The van der Waals surface area contributed by atoms with Crippen molar-refractivity contribution in [2.75, 3.05) is 0 Å². The van der Waals surface area contributed by atoms with Crippen LogP contribution in [0.5, 0.6) is 0 Å². The van der Waals surface area contributed by atoms with Crippen LogP contribution in [0.3, 0.4) is 0 Å². The van der Waals surface area contributed by atoms with E-state index in [0.29, 0.717) is 19.3 Å². The van der Waals surface area contributed by atoms with Gasteiger partial charge >= 0.3 is 0 Å². The molecule has 0 saturated carbocycles. The van der Waals surface area contributed by atoms with Crippen LogP contribution in [0.25, 0.3) is 11.1 Å². The summed E-state index contributed by atoms with van der Waals surface area (Å²) in [4.78, 5) is 28.8. The SMILES string of the molecule is CCCCC(=O)[C@@H]1CCC(=O)N1C1(c2ccccc2)c2ccccc2-c2ccccc21. The molecule has 1 heterocycles. The first-order valence-corrected chi connectivity index (χ1v) is 11.3. The van der Waals surface area contributed by atoms with Crippen LogP contribution in [0.2, 0.25) is 0 Å². The number of rotatable bonds is 6. The van der Waals surface area contributed by atoms with E-state index in [9.17, 15) is 9.59 Å². The Morgan fingerprint density at radius 1 is 0.903 bits per heavy atom. The Labute approximate surface area is 183 Å². The average molecular weight is 410 g/mol. The van der Waals surface area contributed by atoms with Crippen molar-refractivity contribution in [3.63, 3.8) is 0 Å². The Kier molecular flexibility index (Phi) is 4.97. The van der Waals surface area contributed by atoms with E-state index in [-0.39, 0.29) is 11.7 Å². The van der Waals surface area contributed by atoms with Gasteiger partial charge < -0.3 is 4.90 Å². The van der Waals surface area contributed by atoms with Crippen molar-refractivity contribution >= 4 is 11.7 Å². The van der Waals surface area contributed by atoms with E-state index in [2.05, 4.69) is 43.3 Å². The number of carbonyl (C=O) groups excluding carboxylic acids is 2. The molecular formula is C28H27NO2. The van der Waals surface area contributed by atoms with Crippen molar-refractivity contribution in [1.82, 2.24) is 4.90 Å². The zero-order valence-electron chi connectivity index (χ0n) is 17.9. The number of unbranched alkanes of at least 4 members (excludes halogenated alkanes) is 1. The molecule has 156 valence electrons. The fraction of sp³-hybridized carbons (Fsp3) is 0.286. The van der Waals surface area contributed by atoms with Gasteiger partial charge in [-0.25, -0.2) is 0 Å². The molecule has 1 amide bonds. The lowest BCUT2D eigenvalue weighted by Gasteiger charge is -2.44. The Morgan fingerprint density at radius 2 is 1.48 bits per heavy atom. The Hall–Kier alpha value is -3.20. The van der Waals surface area contributed by atoms with Crippen LogP contribution in [-0.4, -0.2) is 22.6 Å². The van der Waals surface area contributed by atoms with E-state index >= 15 is 0 Å². The number of hydrogen-bond acceptors (Lipinski definition) is 2. The summed E-state index contributed by atoms with van der Waals surface area (Å²) in [6, 6.07) is 26.5. The van der Waals surface area contributed by atoms with Crippen LogP contribution in [0, 0.1) is 0 Å². The van der Waals surface area contributed by atoms with E-state index in [1.807, 2.05) is 47.4 Å². The quantitative estimate of drug-likeness (QED) is 0.523. The number of amides is 1. The monoisotopic (exact) mass is 409 g/mol. The second-order valence-corrected chi connectivity index (χ2v) is 8.56. The third kappa shape index (κ3) is 2.87. The molecular weight excluding hydrogens is 382 g/mol. The van der Waals surface area contributed by atoms with Gasteiger partial charge in [-0.05, 0) is 40.7 Å². The van der Waals surface area contributed by atoms with Gasteiger partial charge in [-0.2, -0.15) is 0 Å². The molecule has 0 radical (unpaired) electrons. The first-order chi connectivity index (χ1) is 15.2. The second-order valence-electron chi connectivity index (χ2n) is 8.56. The van der Waals surface area contributed by atoms with Gasteiger partial charge in [-0.3, -0.25) is 9.59 Å². The predicted octanol–water partition coefficient (Wildman–Crippen LogP) is 5.71. The highest BCUT2D eigenvalue weighted by atomic mass is 16.2. The minimum atomic E-state index is -0.783. The topological polar surface area (TPSA) is 37.4 Å². The number of carbonyl (C=O) groups is 2. The molecule has 1 aliphatic carbocycles. The maximum Gasteiger partial charge on any atom is 0.224 e. The van der Waals surface area contributed by atoms with Gasteiger partial charge in [0.15, 0.2) is 5.78 Å². The molecule has 2 aliphatic rings. The zero-order valence-corrected chi connectivity index (χ0v) is 17.9. The Morgan fingerprint density at radius 3 is 2.10 bits per heavy atom. The molecule has 0 spiro atoms. The molecule has 3 aromatic rings.